The molecule has 0 nitrogen and oxygen atoms in total. The van der Waals surface area contributed by atoms with Crippen LogP contribution in [-0.2, 0) is 19.3 Å². The van der Waals surface area contributed by atoms with Crippen LogP contribution in [0.15, 0.2) is 12.1 Å². The zero-order valence-corrected chi connectivity index (χ0v) is 10.6. The zero-order chi connectivity index (χ0) is 11.1. The van der Waals surface area contributed by atoms with Gasteiger partial charge in [-0.25, -0.2) is 0 Å². The normalized spacial score (nSPS) is 28.4. The van der Waals surface area contributed by atoms with E-state index in [0.717, 1.165) is 11.8 Å². The van der Waals surface area contributed by atoms with Crippen LogP contribution in [0, 0.1) is 5.92 Å². The molecule has 2 aliphatic carbocycles. The van der Waals surface area contributed by atoms with Crippen molar-refractivity contribution in [2.24, 2.45) is 5.92 Å². The Morgan fingerprint density at radius 1 is 1.00 bits per heavy atom. The molecule has 2 unspecified atom stereocenters. The highest BCUT2D eigenvalue weighted by atomic mass is 14.3. The molecule has 0 aromatic heterocycles. The first kappa shape index (κ1) is 10.4. The van der Waals surface area contributed by atoms with Gasteiger partial charge >= 0.3 is 0 Å². The Bertz CT molecular complexity index is 403. The number of rotatable bonds is 0. The minimum Gasteiger partial charge on any atom is -0.0622 e. The summed E-state index contributed by atoms with van der Waals surface area (Å²) >= 11 is 0. The van der Waals surface area contributed by atoms with Crippen molar-refractivity contribution in [1.29, 1.82) is 0 Å². The SMILES string of the molecule is CC1CCc2ccc3c(c2C1)C(C)CCC3. The largest absolute Gasteiger partial charge is 0.0622 e. The quantitative estimate of drug-likeness (QED) is 0.605. The van der Waals surface area contributed by atoms with Gasteiger partial charge in [-0.2, -0.15) is 0 Å². The lowest BCUT2D eigenvalue weighted by molar-refractivity contribution is 0.487. The number of hydrogen-bond donors (Lipinski definition) is 0. The van der Waals surface area contributed by atoms with Gasteiger partial charge in [0.15, 0.2) is 0 Å². The predicted molar refractivity (Wildman–Crippen MR) is 69.0 cm³/mol. The van der Waals surface area contributed by atoms with Crippen molar-refractivity contribution in [2.45, 2.75) is 58.3 Å². The highest BCUT2D eigenvalue weighted by molar-refractivity contribution is 5.45. The van der Waals surface area contributed by atoms with Crippen molar-refractivity contribution in [2.75, 3.05) is 0 Å². The van der Waals surface area contributed by atoms with E-state index < -0.39 is 0 Å². The van der Waals surface area contributed by atoms with Crippen LogP contribution in [-0.4, -0.2) is 0 Å². The van der Waals surface area contributed by atoms with Crippen LogP contribution in [0.25, 0.3) is 0 Å². The Hall–Kier alpha value is -0.780. The number of benzene rings is 1. The van der Waals surface area contributed by atoms with Crippen molar-refractivity contribution in [3.05, 3.63) is 34.4 Å². The molecule has 1 aromatic rings. The second kappa shape index (κ2) is 3.91. The van der Waals surface area contributed by atoms with Crippen LogP contribution in [0.1, 0.15) is 61.3 Å². The van der Waals surface area contributed by atoms with Gasteiger partial charge in [-0.1, -0.05) is 26.0 Å². The van der Waals surface area contributed by atoms with Crippen LogP contribution in [0.3, 0.4) is 0 Å². The van der Waals surface area contributed by atoms with Crippen molar-refractivity contribution >= 4 is 0 Å². The topological polar surface area (TPSA) is 0 Å². The minimum atomic E-state index is 0.809. The molecule has 0 heterocycles. The fraction of sp³-hybridized carbons (Fsp3) is 0.625. The van der Waals surface area contributed by atoms with E-state index in [1.54, 1.807) is 22.3 Å². The summed E-state index contributed by atoms with van der Waals surface area (Å²) < 4.78 is 0. The molecule has 0 fully saturated rings. The van der Waals surface area contributed by atoms with Gasteiger partial charge in [-0.3, -0.25) is 0 Å². The van der Waals surface area contributed by atoms with Crippen molar-refractivity contribution in [3.8, 4) is 0 Å². The molecular weight excluding hydrogens is 192 g/mol. The predicted octanol–water partition coefficient (Wildman–Crippen LogP) is 4.25. The molecule has 3 rings (SSSR count). The average molecular weight is 214 g/mol. The van der Waals surface area contributed by atoms with Crippen LogP contribution in [0.4, 0.5) is 0 Å². The Morgan fingerprint density at radius 3 is 2.69 bits per heavy atom. The highest BCUT2D eigenvalue weighted by Gasteiger charge is 2.25. The van der Waals surface area contributed by atoms with E-state index in [1.165, 1.54) is 38.5 Å². The van der Waals surface area contributed by atoms with Gasteiger partial charge in [-0.15, -0.1) is 0 Å². The van der Waals surface area contributed by atoms with Crippen LogP contribution < -0.4 is 0 Å². The maximum absolute atomic E-state index is 2.43. The molecule has 2 atom stereocenters. The molecule has 0 bridgehead atoms. The first-order valence-electron chi connectivity index (χ1n) is 6.89. The average Bonchev–Trinajstić information content (AvgIpc) is 2.28. The second-order valence-electron chi connectivity index (χ2n) is 5.92. The van der Waals surface area contributed by atoms with Crippen molar-refractivity contribution in [3.63, 3.8) is 0 Å². The Balaban J connectivity index is 2.12. The Kier molecular flexibility index (Phi) is 2.53. The molecule has 1 aromatic carbocycles. The minimum absolute atomic E-state index is 0.809. The van der Waals surface area contributed by atoms with Gasteiger partial charge in [0.25, 0.3) is 0 Å². The summed E-state index contributed by atoms with van der Waals surface area (Å²) in [6.07, 6.45) is 8.15. The summed E-state index contributed by atoms with van der Waals surface area (Å²) in [6, 6.07) is 4.83. The van der Waals surface area contributed by atoms with Gasteiger partial charge in [0.05, 0.1) is 0 Å². The van der Waals surface area contributed by atoms with Gasteiger partial charge < -0.3 is 0 Å². The highest BCUT2D eigenvalue weighted by Crippen LogP contribution is 2.38. The smallest absolute Gasteiger partial charge is 0.0185 e. The molecule has 0 saturated heterocycles. The third-order valence-corrected chi connectivity index (χ3v) is 4.58. The van der Waals surface area contributed by atoms with E-state index in [-0.39, 0.29) is 0 Å². The lowest BCUT2D eigenvalue weighted by atomic mass is 9.74. The van der Waals surface area contributed by atoms with Crippen LogP contribution >= 0.6 is 0 Å². The summed E-state index contributed by atoms with van der Waals surface area (Å²) in [5.41, 5.74) is 6.80. The molecule has 0 radical (unpaired) electrons. The first-order chi connectivity index (χ1) is 7.75. The fourth-order valence-electron chi connectivity index (χ4n) is 3.66. The van der Waals surface area contributed by atoms with E-state index in [9.17, 15) is 0 Å². The molecule has 0 amide bonds. The molecular formula is C16H22. The van der Waals surface area contributed by atoms with E-state index >= 15 is 0 Å². The first-order valence-corrected chi connectivity index (χ1v) is 6.89. The van der Waals surface area contributed by atoms with Gasteiger partial charge in [0, 0.05) is 0 Å². The zero-order valence-electron chi connectivity index (χ0n) is 10.6. The van der Waals surface area contributed by atoms with E-state index in [0.29, 0.717) is 0 Å². The lowest BCUT2D eigenvalue weighted by Gasteiger charge is -2.31. The maximum Gasteiger partial charge on any atom is -0.0185 e. The monoisotopic (exact) mass is 214 g/mol. The van der Waals surface area contributed by atoms with Gasteiger partial charge in [0.2, 0.25) is 0 Å². The fourth-order valence-corrected chi connectivity index (χ4v) is 3.66. The van der Waals surface area contributed by atoms with E-state index in [4.69, 9.17) is 0 Å². The van der Waals surface area contributed by atoms with E-state index in [1.807, 2.05) is 0 Å². The third-order valence-electron chi connectivity index (χ3n) is 4.58. The number of fused-ring (bicyclic) bond motifs is 3. The second-order valence-corrected chi connectivity index (χ2v) is 5.92. The molecule has 16 heavy (non-hydrogen) atoms. The summed E-state index contributed by atoms with van der Waals surface area (Å²) in [6.45, 7) is 4.84. The third kappa shape index (κ3) is 1.59. The molecule has 0 N–H and O–H groups in total. The van der Waals surface area contributed by atoms with Crippen molar-refractivity contribution < 1.29 is 0 Å². The summed E-state index contributed by atoms with van der Waals surface area (Å²) in [5, 5.41) is 0. The molecule has 86 valence electrons. The summed E-state index contributed by atoms with van der Waals surface area (Å²) in [5.74, 6) is 1.71. The van der Waals surface area contributed by atoms with Gasteiger partial charge in [-0.05, 0) is 72.6 Å². The lowest BCUT2D eigenvalue weighted by Crippen LogP contribution is -2.18. The van der Waals surface area contributed by atoms with Crippen LogP contribution in [0.2, 0.25) is 0 Å². The molecule has 0 saturated carbocycles. The molecule has 0 heteroatoms. The maximum atomic E-state index is 2.43. The Labute approximate surface area is 99.1 Å². The number of aryl methyl sites for hydroxylation is 2. The standard InChI is InChI=1S/C16H22/c1-11-6-7-13-8-9-14-5-3-4-12(2)16(14)15(13)10-11/h8-9,11-12H,3-7,10H2,1-2H3. The van der Waals surface area contributed by atoms with Crippen LogP contribution in [0.5, 0.6) is 0 Å². The van der Waals surface area contributed by atoms with Gasteiger partial charge in [0.1, 0.15) is 0 Å². The van der Waals surface area contributed by atoms with Crippen molar-refractivity contribution in [1.82, 2.24) is 0 Å². The Morgan fingerprint density at radius 2 is 1.81 bits per heavy atom. The van der Waals surface area contributed by atoms with E-state index in [2.05, 4.69) is 26.0 Å². The summed E-state index contributed by atoms with van der Waals surface area (Å²) in [7, 11) is 0. The number of hydrogen-bond acceptors (Lipinski definition) is 0. The molecule has 0 spiro atoms. The molecule has 0 aliphatic heterocycles. The molecule has 2 aliphatic rings. The summed E-state index contributed by atoms with van der Waals surface area (Å²) in [4.78, 5) is 0.